The first-order chi connectivity index (χ1) is 8.88. The zero-order valence-corrected chi connectivity index (χ0v) is 13.1. The van der Waals surface area contributed by atoms with E-state index in [2.05, 4.69) is 16.0 Å². The van der Waals surface area contributed by atoms with Crippen LogP contribution in [0.3, 0.4) is 0 Å². The van der Waals surface area contributed by atoms with Crippen LogP contribution < -0.4 is 4.59 Å². The number of carboxylic acids is 1. The molecule has 0 aliphatic heterocycles. The van der Waals surface area contributed by atoms with E-state index in [4.69, 9.17) is 10.4 Å². The zero-order chi connectivity index (χ0) is 14.5. The fourth-order valence-corrected chi connectivity index (χ4v) is 3.29. The van der Waals surface area contributed by atoms with Crippen LogP contribution in [-0.2, 0) is 11.3 Å². The Morgan fingerprint density at radius 2 is 2.37 bits per heavy atom. The van der Waals surface area contributed by atoms with Crippen molar-refractivity contribution >= 4 is 25.5 Å². The van der Waals surface area contributed by atoms with Gasteiger partial charge in [-0.3, -0.25) is 0 Å². The number of quaternary nitrogens is 1. The molecule has 6 nitrogen and oxygen atoms in total. The van der Waals surface area contributed by atoms with Crippen LogP contribution in [-0.4, -0.2) is 60.6 Å². The molecule has 0 aromatic carbocycles. The minimum absolute atomic E-state index is 0.164. The van der Waals surface area contributed by atoms with E-state index in [1.807, 2.05) is 14.1 Å². The number of carboxylic acid groups (broad SMARTS) is 1. The molecule has 104 valence electrons. The van der Waals surface area contributed by atoms with Gasteiger partial charge in [0, 0.05) is 0 Å². The van der Waals surface area contributed by atoms with Crippen LogP contribution in [0.4, 0.5) is 0 Å². The maximum absolute atomic E-state index is 11.1. The first-order valence-corrected chi connectivity index (χ1v) is 8.02. The van der Waals surface area contributed by atoms with Crippen molar-refractivity contribution in [2.24, 2.45) is 0 Å². The van der Waals surface area contributed by atoms with Gasteiger partial charge in [0.25, 0.3) is 0 Å². The summed E-state index contributed by atoms with van der Waals surface area (Å²) < 4.78 is 1.35. The molecule has 1 aromatic rings. The summed E-state index contributed by atoms with van der Waals surface area (Å²) in [7, 11) is 3.79. The Labute approximate surface area is 119 Å². The quantitative estimate of drug-likeness (QED) is 0.422. The molecule has 0 radical (unpaired) electrons. The molecule has 0 saturated heterocycles. The van der Waals surface area contributed by atoms with E-state index in [-0.39, 0.29) is 15.0 Å². The SMILES string of the molecule is C[C@@H](C(=O)O)[N+](C)(C)Cc1[nH]cnc1[Se]CCC#N. The molecule has 0 unspecified atom stereocenters. The Morgan fingerprint density at radius 3 is 2.95 bits per heavy atom. The van der Waals surface area contributed by atoms with E-state index in [0.29, 0.717) is 17.4 Å². The number of nitrogens with zero attached hydrogens (tertiary/aromatic N) is 3. The number of likely N-dealkylation sites (N-methyl/N-ethyl adjacent to an activating group) is 1. The summed E-state index contributed by atoms with van der Waals surface area (Å²) in [5, 5.41) is 18.5. The molecular formula is C12H19N4O2Se+. The number of nitriles is 1. The third-order valence-electron chi connectivity index (χ3n) is 3.10. The summed E-state index contributed by atoms with van der Waals surface area (Å²) >= 11 is 0.164. The Kier molecular flexibility index (Phi) is 5.55. The van der Waals surface area contributed by atoms with Crippen LogP contribution in [0.1, 0.15) is 19.0 Å². The van der Waals surface area contributed by atoms with Gasteiger partial charge in [-0.2, -0.15) is 0 Å². The van der Waals surface area contributed by atoms with Gasteiger partial charge in [-0.05, 0) is 0 Å². The van der Waals surface area contributed by atoms with Gasteiger partial charge in [0.2, 0.25) is 0 Å². The van der Waals surface area contributed by atoms with E-state index in [9.17, 15) is 4.79 Å². The molecule has 1 rings (SSSR count). The number of imidazole rings is 1. The molecule has 0 amide bonds. The summed E-state index contributed by atoms with van der Waals surface area (Å²) in [6.45, 7) is 2.30. The molecule has 0 spiro atoms. The second-order valence-corrected chi connectivity index (χ2v) is 7.17. The first kappa shape index (κ1) is 15.7. The Balaban J connectivity index is 2.74. The van der Waals surface area contributed by atoms with Crippen LogP contribution in [0.15, 0.2) is 6.33 Å². The molecular weight excluding hydrogens is 311 g/mol. The molecule has 0 aliphatic rings. The van der Waals surface area contributed by atoms with Crippen molar-refractivity contribution in [2.45, 2.75) is 31.3 Å². The number of hydrogen-bond acceptors (Lipinski definition) is 3. The maximum atomic E-state index is 11.1. The summed E-state index contributed by atoms with van der Waals surface area (Å²) in [6.07, 6.45) is 2.18. The van der Waals surface area contributed by atoms with Crippen LogP contribution in [0.2, 0.25) is 5.32 Å². The van der Waals surface area contributed by atoms with Gasteiger partial charge in [-0.1, -0.05) is 0 Å². The predicted octanol–water partition coefficient (Wildman–Crippen LogP) is 0.121. The number of carbonyl (C=O) groups is 1. The summed E-state index contributed by atoms with van der Waals surface area (Å²) in [5.74, 6) is -0.805. The molecule has 0 bridgehead atoms. The van der Waals surface area contributed by atoms with Gasteiger partial charge in [0.05, 0.1) is 0 Å². The van der Waals surface area contributed by atoms with Gasteiger partial charge in [-0.15, -0.1) is 0 Å². The molecule has 2 N–H and O–H groups in total. The Hall–Kier alpha value is -1.35. The van der Waals surface area contributed by atoms with Gasteiger partial charge in [0.1, 0.15) is 0 Å². The third kappa shape index (κ3) is 4.35. The predicted molar refractivity (Wildman–Crippen MR) is 71.9 cm³/mol. The number of nitrogens with one attached hydrogen (secondary N) is 1. The average Bonchev–Trinajstić information content (AvgIpc) is 2.75. The number of aromatic amines is 1. The van der Waals surface area contributed by atoms with Crippen LogP contribution in [0, 0.1) is 11.3 Å². The normalized spacial score (nSPS) is 12.9. The molecule has 0 saturated carbocycles. The summed E-state index contributed by atoms with van der Waals surface area (Å²) in [6, 6.07) is 1.64. The second kappa shape index (κ2) is 6.71. The molecule has 1 aromatic heterocycles. The van der Waals surface area contributed by atoms with Crippen molar-refractivity contribution in [3.05, 3.63) is 12.0 Å². The van der Waals surface area contributed by atoms with Gasteiger partial charge in [-0.25, -0.2) is 0 Å². The van der Waals surface area contributed by atoms with Crippen molar-refractivity contribution in [3.63, 3.8) is 0 Å². The summed E-state index contributed by atoms with van der Waals surface area (Å²) in [5.41, 5.74) is 0.982. The van der Waals surface area contributed by atoms with E-state index < -0.39 is 12.0 Å². The Morgan fingerprint density at radius 1 is 1.68 bits per heavy atom. The standard InChI is InChI=1S/C12H18N4O2Se/c1-9(12(17)18)16(2,3)7-10-11(15-8-14-10)19-6-4-5-13/h8-9H,4,6-7H2,1-3H3,(H-,14,15,17,18)/p+1/t9-/m0/s1. The molecule has 1 heterocycles. The van der Waals surface area contributed by atoms with Crippen molar-refractivity contribution in [3.8, 4) is 6.07 Å². The fraction of sp³-hybridized carbons (Fsp3) is 0.583. The summed E-state index contributed by atoms with van der Waals surface area (Å²) in [4.78, 5) is 18.5. The van der Waals surface area contributed by atoms with Gasteiger partial charge >= 0.3 is 119 Å². The van der Waals surface area contributed by atoms with Crippen molar-refractivity contribution in [2.75, 3.05) is 14.1 Å². The Bertz CT molecular complexity index is 478. The van der Waals surface area contributed by atoms with Crippen LogP contribution >= 0.6 is 0 Å². The first-order valence-electron chi connectivity index (χ1n) is 5.96. The third-order valence-corrected chi connectivity index (χ3v) is 5.27. The molecule has 7 heteroatoms. The number of aromatic nitrogens is 2. The molecule has 1 atom stereocenters. The zero-order valence-electron chi connectivity index (χ0n) is 11.4. The van der Waals surface area contributed by atoms with Crippen molar-refractivity contribution in [1.29, 1.82) is 5.26 Å². The number of H-pyrrole nitrogens is 1. The van der Waals surface area contributed by atoms with Crippen LogP contribution in [0.5, 0.6) is 0 Å². The molecule has 0 aliphatic carbocycles. The van der Waals surface area contributed by atoms with E-state index >= 15 is 0 Å². The average molecular weight is 330 g/mol. The fourth-order valence-electron chi connectivity index (χ4n) is 1.58. The molecule has 0 fully saturated rings. The van der Waals surface area contributed by atoms with E-state index in [1.54, 1.807) is 13.3 Å². The van der Waals surface area contributed by atoms with Gasteiger partial charge < -0.3 is 0 Å². The number of aliphatic carboxylic acids is 1. The van der Waals surface area contributed by atoms with E-state index in [0.717, 1.165) is 15.6 Å². The van der Waals surface area contributed by atoms with E-state index in [1.165, 1.54) is 0 Å². The number of hydrogen-bond donors (Lipinski definition) is 2. The minimum atomic E-state index is -0.805. The van der Waals surface area contributed by atoms with Crippen LogP contribution in [0.25, 0.3) is 0 Å². The topological polar surface area (TPSA) is 89.8 Å². The molecule has 19 heavy (non-hydrogen) atoms. The van der Waals surface area contributed by atoms with Gasteiger partial charge in [0.15, 0.2) is 0 Å². The monoisotopic (exact) mass is 331 g/mol. The second-order valence-electron chi connectivity index (χ2n) is 4.89. The van der Waals surface area contributed by atoms with Crippen molar-refractivity contribution in [1.82, 2.24) is 9.97 Å². The van der Waals surface area contributed by atoms with Crippen molar-refractivity contribution < 1.29 is 14.4 Å². The number of rotatable bonds is 7.